The van der Waals surface area contributed by atoms with Crippen LogP contribution in [0.25, 0.3) is 0 Å². The van der Waals surface area contributed by atoms with Crippen LogP contribution in [0.1, 0.15) is 13.3 Å². The van der Waals surface area contributed by atoms with E-state index in [0.29, 0.717) is 0 Å². The highest BCUT2D eigenvalue weighted by Gasteiger charge is 2.03. The number of carbonyl (C=O) groups excluding carboxylic acids is 3. The minimum absolute atomic E-state index is 0.0184. The third-order valence-electron chi connectivity index (χ3n) is 1.42. The fourth-order valence-corrected chi connectivity index (χ4v) is 0.712. The predicted octanol–water partition coefficient (Wildman–Crippen LogP) is 0.212. The van der Waals surface area contributed by atoms with Gasteiger partial charge in [-0.2, -0.15) is 0 Å². The number of hydrogen-bond acceptors (Lipinski definition) is 6. The molecule has 90 valence electrons. The SMILES string of the molecule is CCOC(=O)/C=C\C(=O)OCCC(=O)OC. The predicted molar refractivity (Wildman–Crippen MR) is 53.4 cm³/mol. The normalized spacial score (nSPS) is 9.88. The molecule has 0 aliphatic rings. The lowest BCUT2D eigenvalue weighted by Gasteiger charge is -2.00. The van der Waals surface area contributed by atoms with Crippen LogP contribution in [0, 0.1) is 0 Å². The van der Waals surface area contributed by atoms with Crippen molar-refractivity contribution in [3.8, 4) is 0 Å². The van der Waals surface area contributed by atoms with E-state index in [9.17, 15) is 14.4 Å². The smallest absolute Gasteiger partial charge is 0.331 e. The molecular formula is C10H14O6. The molecule has 6 nitrogen and oxygen atoms in total. The Morgan fingerprint density at radius 3 is 2.12 bits per heavy atom. The lowest BCUT2D eigenvalue weighted by atomic mass is 10.4. The molecule has 0 bridgehead atoms. The van der Waals surface area contributed by atoms with Crippen LogP contribution in [0.5, 0.6) is 0 Å². The van der Waals surface area contributed by atoms with Gasteiger partial charge in [0, 0.05) is 12.2 Å². The van der Waals surface area contributed by atoms with Crippen molar-refractivity contribution < 1.29 is 28.6 Å². The van der Waals surface area contributed by atoms with Gasteiger partial charge in [-0.25, -0.2) is 9.59 Å². The van der Waals surface area contributed by atoms with E-state index in [-0.39, 0.29) is 19.6 Å². The second-order valence-electron chi connectivity index (χ2n) is 2.58. The number of methoxy groups -OCH3 is 1. The Morgan fingerprint density at radius 1 is 1.06 bits per heavy atom. The second-order valence-corrected chi connectivity index (χ2v) is 2.58. The molecule has 0 spiro atoms. The first-order chi connectivity index (χ1) is 7.60. The van der Waals surface area contributed by atoms with E-state index < -0.39 is 17.9 Å². The molecular weight excluding hydrogens is 216 g/mol. The number of esters is 3. The highest BCUT2D eigenvalue weighted by atomic mass is 16.5. The van der Waals surface area contributed by atoms with Crippen LogP contribution >= 0.6 is 0 Å². The molecule has 0 saturated carbocycles. The van der Waals surface area contributed by atoms with E-state index in [1.165, 1.54) is 7.11 Å². The molecule has 0 atom stereocenters. The highest BCUT2D eigenvalue weighted by molar-refractivity contribution is 5.91. The van der Waals surface area contributed by atoms with Crippen LogP contribution in [-0.2, 0) is 28.6 Å². The van der Waals surface area contributed by atoms with Crippen LogP contribution in [0.3, 0.4) is 0 Å². The Kier molecular flexibility index (Phi) is 7.48. The third kappa shape index (κ3) is 7.54. The molecule has 0 N–H and O–H groups in total. The Bertz CT molecular complexity index is 281. The van der Waals surface area contributed by atoms with Crippen LogP contribution in [-0.4, -0.2) is 38.2 Å². The molecule has 6 heteroatoms. The van der Waals surface area contributed by atoms with Gasteiger partial charge in [0.05, 0.1) is 20.1 Å². The zero-order chi connectivity index (χ0) is 12.4. The molecule has 0 amide bonds. The third-order valence-corrected chi connectivity index (χ3v) is 1.42. The topological polar surface area (TPSA) is 78.9 Å². The van der Waals surface area contributed by atoms with Gasteiger partial charge < -0.3 is 14.2 Å². The van der Waals surface area contributed by atoms with Gasteiger partial charge in [0.15, 0.2) is 0 Å². The van der Waals surface area contributed by atoms with Gasteiger partial charge in [0.25, 0.3) is 0 Å². The van der Waals surface area contributed by atoms with Crippen molar-refractivity contribution in [3.63, 3.8) is 0 Å². The van der Waals surface area contributed by atoms with Crippen LogP contribution in [0.4, 0.5) is 0 Å². The summed E-state index contributed by atoms with van der Waals surface area (Å²) in [4.78, 5) is 32.4. The van der Waals surface area contributed by atoms with Gasteiger partial charge in [-0.1, -0.05) is 0 Å². The van der Waals surface area contributed by atoms with E-state index in [1.807, 2.05) is 0 Å². The molecule has 0 aromatic carbocycles. The van der Waals surface area contributed by atoms with Crippen molar-refractivity contribution in [1.82, 2.24) is 0 Å². The van der Waals surface area contributed by atoms with Crippen LogP contribution in [0.2, 0.25) is 0 Å². The fraction of sp³-hybridized carbons (Fsp3) is 0.500. The van der Waals surface area contributed by atoms with Gasteiger partial charge in [-0.3, -0.25) is 4.79 Å². The summed E-state index contributed by atoms with van der Waals surface area (Å²) < 4.78 is 13.5. The highest BCUT2D eigenvalue weighted by Crippen LogP contribution is 1.89. The molecule has 0 aliphatic carbocycles. The van der Waals surface area contributed by atoms with Crippen molar-refractivity contribution in [3.05, 3.63) is 12.2 Å². The number of hydrogen-bond donors (Lipinski definition) is 0. The fourth-order valence-electron chi connectivity index (χ4n) is 0.712. The van der Waals surface area contributed by atoms with E-state index in [4.69, 9.17) is 0 Å². The minimum atomic E-state index is -0.711. The Labute approximate surface area is 93.2 Å². The maximum Gasteiger partial charge on any atom is 0.331 e. The first-order valence-electron chi connectivity index (χ1n) is 4.68. The summed E-state index contributed by atoms with van der Waals surface area (Å²) in [7, 11) is 1.24. The van der Waals surface area contributed by atoms with E-state index in [2.05, 4.69) is 14.2 Å². The first kappa shape index (κ1) is 14.2. The molecule has 0 aliphatic heterocycles. The van der Waals surface area contributed by atoms with Crippen molar-refractivity contribution >= 4 is 17.9 Å². The molecule has 0 aromatic heterocycles. The van der Waals surface area contributed by atoms with Gasteiger partial charge in [-0.15, -0.1) is 0 Å². The average molecular weight is 230 g/mol. The molecule has 0 radical (unpaired) electrons. The Hall–Kier alpha value is -1.85. The monoisotopic (exact) mass is 230 g/mol. The number of carbonyl (C=O) groups is 3. The molecule has 0 unspecified atom stereocenters. The quantitative estimate of drug-likeness (QED) is 0.369. The second kappa shape index (κ2) is 8.46. The summed E-state index contributed by atoms with van der Waals surface area (Å²) in [5.74, 6) is -1.80. The zero-order valence-electron chi connectivity index (χ0n) is 9.23. The minimum Gasteiger partial charge on any atom is -0.469 e. The Balaban J connectivity index is 3.74. The summed E-state index contributed by atoms with van der Waals surface area (Å²) in [6.45, 7) is 1.81. The summed E-state index contributed by atoms with van der Waals surface area (Å²) in [6.07, 6.45) is 1.88. The summed E-state index contributed by atoms with van der Waals surface area (Å²) in [6, 6.07) is 0. The molecule has 16 heavy (non-hydrogen) atoms. The maximum atomic E-state index is 11.0. The van der Waals surface area contributed by atoms with Gasteiger partial charge in [-0.05, 0) is 6.92 Å². The van der Waals surface area contributed by atoms with Crippen molar-refractivity contribution in [2.45, 2.75) is 13.3 Å². The van der Waals surface area contributed by atoms with E-state index >= 15 is 0 Å². The summed E-state index contributed by atoms with van der Waals surface area (Å²) >= 11 is 0. The van der Waals surface area contributed by atoms with Gasteiger partial charge >= 0.3 is 17.9 Å². The van der Waals surface area contributed by atoms with Crippen LogP contribution < -0.4 is 0 Å². The van der Waals surface area contributed by atoms with Crippen LogP contribution in [0.15, 0.2) is 12.2 Å². The summed E-state index contributed by atoms with van der Waals surface area (Å²) in [5, 5.41) is 0. The number of rotatable bonds is 6. The van der Waals surface area contributed by atoms with Gasteiger partial charge in [0.2, 0.25) is 0 Å². The molecule has 0 fully saturated rings. The molecule has 0 saturated heterocycles. The molecule has 0 heterocycles. The van der Waals surface area contributed by atoms with E-state index in [0.717, 1.165) is 12.2 Å². The first-order valence-corrected chi connectivity index (χ1v) is 4.68. The zero-order valence-corrected chi connectivity index (χ0v) is 9.23. The lowest BCUT2D eigenvalue weighted by molar-refractivity contribution is -0.145. The maximum absolute atomic E-state index is 11.0. The average Bonchev–Trinajstić information content (AvgIpc) is 2.26. The largest absolute Gasteiger partial charge is 0.469 e. The van der Waals surface area contributed by atoms with Crippen molar-refractivity contribution in [1.29, 1.82) is 0 Å². The molecule has 0 rings (SSSR count). The van der Waals surface area contributed by atoms with E-state index in [1.54, 1.807) is 6.92 Å². The van der Waals surface area contributed by atoms with Gasteiger partial charge in [0.1, 0.15) is 6.61 Å². The molecule has 0 aromatic rings. The Morgan fingerprint density at radius 2 is 1.62 bits per heavy atom. The standard InChI is InChI=1S/C10H14O6/c1-3-15-9(12)4-5-10(13)16-7-6-8(11)14-2/h4-5H,3,6-7H2,1-2H3/b5-4-. The summed E-state index contributed by atoms with van der Waals surface area (Å²) in [5.41, 5.74) is 0. The van der Waals surface area contributed by atoms with Crippen molar-refractivity contribution in [2.75, 3.05) is 20.3 Å². The van der Waals surface area contributed by atoms with Crippen molar-refractivity contribution in [2.24, 2.45) is 0 Å². The number of ether oxygens (including phenoxy) is 3. The lowest BCUT2D eigenvalue weighted by Crippen LogP contribution is -2.09.